The minimum atomic E-state index is 0.311. The number of thiocarbonyl (C=S) groups is 1. The molecule has 0 saturated carbocycles. The number of benzene rings is 1. The lowest BCUT2D eigenvalue weighted by atomic mass is 10.2. The molecule has 7 heteroatoms. The van der Waals surface area contributed by atoms with Crippen LogP contribution in [0.4, 0.5) is 10.8 Å². The van der Waals surface area contributed by atoms with Gasteiger partial charge < -0.3 is 11.1 Å². The molecule has 0 radical (unpaired) electrons. The average Bonchev–Trinajstić information content (AvgIpc) is 2.63. The van der Waals surface area contributed by atoms with Gasteiger partial charge in [-0.25, -0.2) is 4.98 Å². The fourth-order valence-corrected chi connectivity index (χ4v) is 2.24. The number of nitrogens with one attached hydrogen (secondary N) is 1. The molecule has 1 heterocycles. The monoisotopic (exact) mass is 284 g/mol. The Hall–Kier alpha value is -1.24. The van der Waals surface area contributed by atoms with Crippen molar-refractivity contribution in [2.75, 3.05) is 5.32 Å². The summed E-state index contributed by atoms with van der Waals surface area (Å²) in [6.45, 7) is 1.83. The third-order valence-corrected chi connectivity index (χ3v) is 3.19. The normalized spacial score (nSPS) is 10.2. The Morgan fingerprint density at radius 1 is 1.53 bits per heavy atom. The number of anilines is 2. The molecule has 3 N–H and O–H groups in total. The van der Waals surface area contributed by atoms with E-state index >= 15 is 0 Å². The Morgan fingerprint density at radius 2 is 2.29 bits per heavy atom. The number of aromatic nitrogens is 2. The molecule has 0 amide bonds. The molecule has 88 valence electrons. The molecular weight excluding hydrogens is 276 g/mol. The topological polar surface area (TPSA) is 63.8 Å². The van der Waals surface area contributed by atoms with Gasteiger partial charge in [-0.2, -0.15) is 4.37 Å². The van der Waals surface area contributed by atoms with Crippen molar-refractivity contribution in [2.45, 2.75) is 6.92 Å². The lowest BCUT2D eigenvalue weighted by Gasteiger charge is -2.08. The molecule has 1 aromatic heterocycles. The average molecular weight is 285 g/mol. The Kier molecular flexibility index (Phi) is 3.56. The van der Waals surface area contributed by atoms with Crippen LogP contribution in [0.3, 0.4) is 0 Å². The van der Waals surface area contributed by atoms with Crippen molar-refractivity contribution < 1.29 is 0 Å². The van der Waals surface area contributed by atoms with Gasteiger partial charge in [-0.05, 0) is 25.1 Å². The smallest absolute Gasteiger partial charge is 0.207 e. The zero-order valence-electron chi connectivity index (χ0n) is 8.90. The SMILES string of the molecule is Cc1nsc(Nc2cc(Cl)ccc2C(N)=S)n1. The molecule has 4 nitrogen and oxygen atoms in total. The highest BCUT2D eigenvalue weighted by molar-refractivity contribution is 7.80. The van der Waals surface area contributed by atoms with E-state index in [4.69, 9.17) is 29.6 Å². The van der Waals surface area contributed by atoms with E-state index in [2.05, 4.69) is 14.7 Å². The molecule has 0 aliphatic carbocycles. The lowest BCUT2D eigenvalue weighted by molar-refractivity contribution is 1.17. The van der Waals surface area contributed by atoms with Gasteiger partial charge in [-0.15, -0.1) is 0 Å². The fourth-order valence-electron chi connectivity index (χ4n) is 1.30. The van der Waals surface area contributed by atoms with Gasteiger partial charge in [0.1, 0.15) is 10.8 Å². The number of hydrogen-bond acceptors (Lipinski definition) is 5. The molecule has 0 saturated heterocycles. The van der Waals surface area contributed by atoms with Crippen LogP contribution in [-0.4, -0.2) is 14.3 Å². The molecule has 2 aromatic rings. The molecule has 17 heavy (non-hydrogen) atoms. The van der Waals surface area contributed by atoms with Gasteiger partial charge in [0, 0.05) is 22.1 Å². The molecule has 0 aliphatic heterocycles. The second kappa shape index (κ2) is 4.95. The zero-order valence-corrected chi connectivity index (χ0v) is 11.3. The second-order valence-electron chi connectivity index (χ2n) is 3.33. The van der Waals surface area contributed by atoms with Gasteiger partial charge in [0.25, 0.3) is 0 Å². The maximum Gasteiger partial charge on any atom is 0.207 e. The molecule has 2 rings (SSSR count). The molecule has 0 spiro atoms. The Morgan fingerprint density at radius 3 is 2.88 bits per heavy atom. The molecular formula is C10H9ClN4S2. The number of nitrogens with zero attached hydrogens (tertiary/aromatic N) is 2. The molecule has 0 aliphatic rings. The van der Waals surface area contributed by atoms with Gasteiger partial charge in [0.15, 0.2) is 0 Å². The van der Waals surface area contributed by atoms with Gasteiger partial charge in [0.2, 0.25) is 5.13 Å². The van der Waals surface area contributed by atoms with Crippen LogP contribution in [0.5, 0.6) is 0 Å². The van der Waals surface area contributed by atoms with E-state index in [9.17, 15) is 0 Å². The van der Waals surface area contributed by atoms with Crippen LogP contribution < -0.4 is 11.1 Å². The van der Waals surface area contributed by atoms with E-state index in [1.165, 1.54) is 11.5 Å². The van der Waals surface area contributed by atoms with E-state index in [0.717, 1.165) is 17.1 Å². The maximum absolute atomic E-state index is 5.94. The Balaban J connectivity index is 2.37. The van der Waals surface area contributed by atoms with E-state index < -0.39 is 0 Å². The van der Waals surface area contributed by atoms with Gasteiger partial charge >= 0.3 is 0 Å². The first kappa shape index (κ1) is 12.2. The van der Waals surface area contributed by atoms with Gasteiger partial charge in [-0.3, -0.25) is 0 Å². The number of aryl methyl sites for hydroxylation is 1. The predicted octanol–water partition coefficient (Wildman–Crippen LogP) is 2.88. The highest BCUT2D eigenvalue weighted by atomic mass is 35.5. The van der Waals surface area contributed by atoms with Crippen molar-refractivity contribution in [3.05, 3.63) is 34.6 Å². The van der Waals surface area contributed by atoms with E-state index in [0.29, 0.717) is 15.1 Å². The summed E-state index contributed by atoms with van der Waals surface area (Å²) in [6.07, 6.45) is 0. The molecule has 0 atom stereocenters. The summed E-state index contributed by atoms with van der Waals surface area (Å²) in [5.41, 5.74) is 7.11. The highest BCUT2D eigenvalue weighted by Gasteiger charge is 2.08. The summed E-state index contributed by atoms with van der Waals surface area (Å²) in [6, 6.07) is 5.28. The summed E-state index contributed by atoms with van der Waals surface area (Å²) in [5, 5.41) is 4.40. The molecule has 0 fully saturated rings. The minimum absolute atomic E-state index is 0.311. The van der Waals surface area contributed by atoms with Crippen molar-refractivity contribution >= 4 is 51.2 Å². The van der Waals surface area contributed by atoms with Crippen LogP contribution in [0.15, 0.2) is 18.2 Å². The van der Waals surface area contributed by atoms with Crippen molar-refractivity contribution in [3.63, 3.8) is 0 Å². The minimum Gasteiger partial charge on any atom is -0.389 e. The van der Waals surface area contributed by atoms with Crippen LogP contribution in [0.2, 0.25) is 5.02 Å². The predicted molar refractivity (Wildman–Crippen MR) is 75.3 cm³/mol. The van der Waals surface area contributed by atoms with E-state index in [-0.39, 0.29) is 0 Å². The summed E-state index contributed by atoms with van der Waals surface area (Å²) >= 11 is 12.2. The van der Waals surface area contributed by atoms with Gasteiger partial charge in [-0.1, -0.05) is 23.8 Å². The van der Waals surface area contributed by atoms with Gasteiger partial charge in [0.05, 0.1) is 5.69 Å². The maximum atomic E-state index is 5.94. The largest absolute Gasteiger partial charge is 0.389 e. The summed E-state index contributed by atoms with van der Waals surface area (Å²) in [7, 11) is 0. The van der Waals surface area contributed by atoms with Crippen LogP contribution in [-0.2, 0) is 0 Å². The van der Waals surface area contributed by atoms with Crippen molar-refractivity contribution in [1.29, 1.82) is 0 Å². The number of halogens is 1. The van der Waals surface area contributed by atoms with E-state index in [1.807, 2.05) is 6.92 Å². The van der Waals surface area contributed by atoms with Crippen molar-refractivity contribution in [2.24, 2.45) is 5.73 Å². The Labute approximate surface area is 113 Å². The number of hydrogen-bond donors (Lipinski definition) is 2. The zero-order chi connectivity index (χ0) is 12.4. The number of nitrogens with two attached hydrogens (primary N) is 1. The number of rotatable bonds is 3. The Bertz CT molecular complexity index is 567. The molecule has 1 aromatic carbocycles. The second-order valence-corrected chi connectivity index (χ2v) is 4.95. The van der Waals surface area contributed by atoms with Crippen molar-refractivity contribution in [3.8, 4) is 0 Å². The molecule has 0 bridgehead atoms. The lowest BCUT2D eigenvalue weighted by Crippen LogP contribution is -2.11. The third-order valence-electron chi connectivity index (χ3n) is 2.02. The third kappa shape index (κ3) is 2.91. The summed E-state index contributed by atoms with van der Waals surface area (Å²) in [5.74, 6) is 0.719. The van der Waals surface area contributed by atoms with Crippen LogP contribution in [0.1, 0.15) is 11.4 Å². The first-order chi connectivity index (χ1) is 8.06. The standard InChI is InChI=1S/C10H9ClN4S2/c1-5-13-10(17-15-5)14-8-4-6(11)2-3-7(8)9(12)16/h2-4H,1H3,(H2,12,16)(H,13,14,15). The molecule has 0 unspecified atom stereocenters. The van der Waals surface area contributed by atoms with Crippen molar-refractivity contribution in [1.82, 2.24) is 9.36 Å². The van der Waals surface area contributed by atoms with Crippen LogP contribution in [0, 0.1) is 6.92 Å². The fraction of sp³-hybridized carbons (Fsp3) is 0.100. The van der Waals surface area contributed by atoms with E-state index in [1.54, 1.807) is 18.2 Å². The first-order valence-electron chi connectivity index (χ1n) is 4.73. The van der Waals surface area contributed by atoms with Crippen LogP contribution >= 0.6 is 35.4 Å². The quantitative estimate of drug-likeness (QED) is 0.849. The first-order valence-corrected chi connectivity index (χ1v) is 6.29. The highest BCUT2D eigenvalue weighted by Crippen LogP contribution is 2.25. The summed E-state index contributed by atoms with van der Waals surface area (Å²) < 4.78 is 4.08. The van der Waals surface area contributed by atoms with Crippen LogP contribution in [0.25, 0.3) is 0 Å². The summed E-state index contributed by atoms with van der Waals surface area (Å²) in [4.78, 5) is 4.52.